The van der Waals surface area contributed by atoms with Crippen molar-refractivity contribution in [3.05, 3.63) is 41.0 Å². The van der Waals surface area contributed by atoms with E-state index in [-0.39, 0.29) is 12.3 Å². The van der Waals surface area contributed by atoms with Crippen molar-refractivity contribution >= 4 is 11.9 Å². The molecule has 3 rings (SSSR count). The molecule has 1 heterocycles. The fraction of sp³-hybridized carbons (Fsp3) is 0.444. The summed E-state index contributed by atoms with van der Waals surface area (Å²) in [6.07, 6.45) is 7.38. The van der Waals surface area contributed by atoms with Gasteiger partial charge in [0, 0.05) is 12.8 Å². The predicted octanol–water partition coefficient (Wildman–Crippen LogP) is 2.75. The lowest BCUT2D eigenvalue weighted by atomic mass is 9.96. The first-order chi connectivity index (χ1) is 11.1. The Kier molecular flexibility index (Phi) is 4.65. The first kappa shape index (κ1) is 15.6. The van der Waals surface area contributed by atoms with Crippen molar-refractivity contribution in [2.24, 2.45) is 0 Å². The summed E-state index contributed by atoms with van der Waals surface area (Å²) in [4.78, 5) is 23.8. The monoisotopic (exact) mass is 315 g/mol. The maximum absolute atomic E-state index is 12.2. The Morgan fingerprint density at radius 2 is 2.13 bits per heavy atom. The summed E-state index contributed by atoms with van der Waals surface area (Å²) in [5.74, 6) is -0.478. The molecule has 1 amide bonds. The molecule has 0 radical (unpaired) electrons. The highest BCUT2D eigenvalue weighted by atomic mass is 16.5. The normalized spacial score (nSPS) is 17.7. The van der Waals surface area contributed by atoms with E-state index in [1.165, 1.54) is 6.42 Å². The van der Waals surface area contributed by atoms with Crippen LogP contribution in [-0.2, 0) is 16.0 Å². The Morgan fingerprint density at radius 1 is 1.26 bits per heavy atom. The molecule has 5 nitrogen and oxygen atoms in total. The van der Waals surface area contributed by atoms with E-state index in [0.717, 1.165) is 42.6 Å². The van der Waals surface area contributed by atoms with Crippen LogP contribution in [0.1, 0.15) is 49.3 Å². The highest BCUT2D eigenvalue weighted by molar-refractivity contribution is 5.85. The number of amides is 1. The number of carbonyl (C=O) groups is 2. The minimum atomic E-state index is -1.05. The largest absolute Gasteiger partial charge is 0.493 e. The van der Waals surface area contributed by atoms with E-state index in [4.69, 9.17) is 4.74 Å². The standard InChI is InChI=1S/C18H21NO4/c20-16(10-12-4-2-1-3-5-12)19-17(18(21)22)14-6-7-15-13(11-14)8-9-23-15/h4,6-7,11,17H,1-3,5,8-10H2,(H,19,20)(H,21,22). The SMILES string of the molecule is O=C(CC1=CCCCC1)NC(C(=O)O)c1ccc2c(c1)CCO2. The van der Waals surface area contributed by atoms with Crippen molar-refractivity contribution in [1.29, 1.82) is 0 Å². The van der Waals surface area contributed by atoms with E-state index in [0.29, 0.717) is 12.2 Å². The van der Waals surface area contributed by atoms with Gasteiger partial charge in [0.2, 0.25) is 5.91 Å². The molecular weight excluding hydrogens is 294 g/mol. The maximum Gasteiger partial charge on any atom is 0.330 e. The molecule has 0 saturated carbocycles. The summed E-state index contributed by atoms with van der Waals surface area (Å²) in [6.45, 7) is 0.622. The van der Waals surface area contributed by atoms with Crippen LogP contribution < -0.4 is 10.1 Å². The lowest BCUT2D eigenvalue weighted by molar-refractivity contribution is -0.142. The molecule has 23 heavy (non-hydrogen) atoms. The summed E-state index contributed by atoms with van der Waals surface area (Å²) in [5, 5.41) is 12.1. The van der Waals surface area contributed by atoms with Gasteiger partial charge < -0.3 is 15.2 Å². The van der Waals surface area contributed by atoms with Crippen LogP contribution in [0.4, 0.5) is 0 Å². The van der Waals surface area contributed by atoms with Gasteiger partial charge >= 0.3 is 5.97 Å². The second-order valence-corrected chi connectivity index (χ2v) is 6.09. The van der Waals surface area contributed by atoms with E-state index in [9.17, 15) is 14.7 Å². The molecule has 5 heteroatoms. The number of allylic oxidation sites excluding steroid dienone is 1. The first-order valence-corrected chi connectivity index (χ1v) is 8.09. The zero-order valence-corrected chi connectivity index (χ0v) is 13.0. The molecule has 1 aromatic carbocycles. The number of carboxylic acids is 1. The average molecular weight is 315 g/mol. The number of ether oxygens (including phenoxy) is 1. The van der Waals surface area contributed by atoms with Gasteiger partial charge in [0.1, 0.15) is 5.75 Å². The van der Waals surface area contributed by atoms with Crippen LogP contribution >= 0.6 is 0 Å². The number of rotatable bonds is 5. The molecule has 0 bridgehead atoms. The average Bonchev–Trinajstić information content (AvgIpc) is 3.01. The Hall–Kier alpha value is -2.30. The third-order valence-corrected chi connectivity index (χ3v) is 4.37. The number of aliphatic carboxylic acids is 1. The van der Waals surface area contributed by atoms with Gasteiger partial charge in [-0.3, -0.25) is 4.79 Å². The number of benzene rings is 1. The summed E-state index contributed by atoms with van der Waals surface area (Å²) >= 11 is 0. The Morgan fingerprint density at radius 3 is 2.87 bits per heavy atom. The fourth-order valence-electron chi connectivity index (χ4n) is 3.16. The van der Waals surface area contributed by atoms with Gasteiger partial charge in [-0.1, -0.05) is 17.7 Å². The molecule has 1 aliphatic carbocycles. The molecule has 0 spiro atoms. The molecule has 1 unspecified atom stereocenters. The second kappa shape index (κ2) is 6.86. The van der Waals surface area contributed by atoms with Crippen molar-refractivity contribution in [3.8, 4) is 5.75 Å². The van der Waals surface area contributed by atoms with Crippen LogP contribution in [0.2, 0.25) is 0 Å². The number of carbonyl (C=O) groups excluding carboxylic acids is 1. The van der Waals surface area contributed by atoms with Crippen molar-refractivity contribution in [2.75, 3.05) is 6.61 Å². The zero-order chi connectivity index (χ0) is 16.2. The summed E-state index contributed by atoms with van der Waals surface area (Å²) in [6, 6.07) is 4.30. The van der Waals surface area contributed by atoms with Crippen LogP contribution in [0.25, 0.3) is 0 Å². The number of hydrogen-bond donors (Lipinski definition) is 2. The first-order valence-electron chi connectivity index (χ1n) is 8.09. The smallest absolute Gasteiger partial charge is 0.330 e. The van der Waals surface area contributed by atoms with Crippen molar-refractivity contribution in [1.82, 2.24) is 5.32 Å². The molecule has 2 aliphatic rings. The Bertz CT molecular complexity index is 650. The number of fused-ring (bicyclic) bond motifs is 1. The van der Waals surface area contributed by atoms with Gasteiger partial charge in [-0.05, 0) is 48.9 Å². The molecule has 1 aliphatic heterocycles. The van der Waals surface area contributed by atoms with Crippen LogP contribution in [0.15, 0.2) is 29.8 Å². The molecular formula is C18H21NO4. The van der Waals surface area contributed by atoms with Crippen molar-refractivity contribution in [3.63, 3.8) is 0 Å². The van der Waals surface area contributed by atoms with E-state index >= 15 is 0 Å². The number of carboxylic acid groups (broad SMARTS) is 1. The lowest BCUT2D eigenvalue weighted by Crippen LogP contribution is -2.34. The van der Waals surface area contributed by atoms with Crippen molar-refractivity contribution in [2.45, 2.75) is 44.6 Å². The van der Waals surface area contributed by atoms with Gasteiger partial charge in [-0.25, -0.2) is 4.79 Å². The van der Waals surface area contributed by atoms with Crippen LogP contribution in [0.5, 0.6) is 5.75 Å². The molecule has 1 atom stereocenters. The topological polar surface area (TPSA) is 75.6 Å². The highest BCUT2D eigenvalue weighted by Gasteiger charge is 2.24. The minimum absolute atomic E-state index is 0.234. The van der Waals surface area contributed by atoms with Crippen LogP contribution in [0, 0.1) is 0 Å². The summed E-state index contributed by atoms with van der Waals surface area (Å²) in [7, 11) is 0. The molecule has 122 valence electrons. The third-order valence-electron chi connectivity index (χ3n) is 4.37. The zero-order valence-electron chi connectivity index (χ0n) is 13.0. The number of hydrogen-bond acceptors (Lipinski definition) is 3. The Balaban J connectivity index is 1.70. The quantitative estimate of drug-likeness (QED) is 0.819. The van der Waals surface area contributed by atoms with Gasteiger partial charge in [-0.2, -0.15) is 0 Å². The molecule has 0 fully saturated rings. The van der Waals surface area contributed by atoms with Gasteiger partial charge in [0.15, 0.2) is 6.04 Å². The number of nitrogens with one attached hydrogen (secondary N) is 1. The molecule has 0 aromatic heterocycles. The van der Waals surface area contributed by atoms with Crippen LogP contribution in [0.3, 0.4) is 0 Å². The fourth-order valence-corrected chi connectivity index (χ4v) is 3.16. The van der Waals surface area contributed by atoms with E-state index < -0.39 is 12.0 Å². The second-order valence-electron chi connectivity index (χ2n) is 6.09. The summed E-state index contributed by atoms with van der Waals surface area (Å²) in [5.41, 5.74) is 2.70. The predicted molar refractivity (Wildman–Crippen MR) is 85.3 cm³/mol. The highest BCUT2D eigenvalue weighted by Crippen LogP contribution is 2.28. The third kappa shape index (κ3) is 3.73. The molecule has 1 aromatic rings. The van der Waals surface area contributed by atoms with Crippen LogP contribution in [-0.4, -0.2) is 23.6 Å². The lowest BCUT2D eigenvalue weighted by Gasteiger charge is -2.17. The van der Waals surface area contributed by atoms with E-state index in [1.54, 1.807) is 12.1 Å². The Labute approximate surface area is 135 Å². The van der Waals surface area contributed by atoms with Gasteiger partial charge in [-0.15, -0.1) is 0 Å². The van der Waals surface area contributed by atoms with E-state index in [2.05, 4.69) is 11.4 Å². The van der Waals surface area contributed by atoms with Crippen molar-refractivity contribution < 1.29 is 19.4 Å². The van der Waals surface area contributed by atoms with Gasteiger partial charge in [0.05, 0.1) is 6.61 Å². The minimum Gasteiger partial charge on any atom is -0.493 e. The maximum atomic E-state index is 12.2. The molecule has 2 N–H and O–H groups in total. The van der Waals surface area contributed by atoms with Gasteiger partial charge in [0.25, 0.3) is 0 Å². The summed E-state index contributed by atoms with van der Waals surface area (Å²) < 4.78 is 5.43. The van der Waals surface area contributed by atoms with E-state index in [1.807, 2.05) is 6.07 Å². The molecule has 0 saturated heterocycles.